The van der Waals surface area contributed by atoms with Crippen molar-refractivity contribution in [3.05, 3.63) is 17.5 Å². The molecule has 1 saturated heterocycles. The summed E-state index contributed by atoms with van der Waals surface area (Å²) < 4.78 is 7.66. The molecule has 90 valence electrons. The predicted octanol–water partition coefficient (Wildman–Crippen LogP) is 2.70. The molecular formula is C13H22N2O. The summed E-state index contributed by atoms with van der Waals surface area (Å²) in [5.74, 6) is 0. The zero-order chi connectivity index (χ0) is 11.8. The van der Waals surface area contributed by atoms with Gasteiger partial charge in [-0.25, -0.2) is 0 Å². The number of rotatable bonds is 2. The molecule has 1 aliphatic rings. The summed E-state index contributed by atoms with van der Waals surface area (Å²) in [6.45, 7) is 10.6. The largest absolute Gasteiger partial charge is 0.379 e. The minimum absolute atomic E-state index is 0.156. The summed E-state index contributed by atoms with van der Waals surface area (Å²) in [7, 11) is 0. The molecule has 1 atom stereocenters. The van der Waals surface area contributed by atoms with Crippen LogP contribution >= 0.6 is 0 Å². The van der Waals surface area contributed by atoms with E-state index in [9.17, 15) is 0 Å². The molecule has 2 rings (SSSR count). The average molecular weight is 222 g/mol. The molecule has 0 amide bonds. The van der Waals surface area contributed by atoms with Crippen LogP contribution in [0.4, 0.5) is 0 Å². The summed E-state index contributed by atoms with van der Waals surface area (Å²) >= 11 is 0. The number of aromatic nitrogens is 2. The predicted molar refractivity (Wildman–Crippen MR) is 64.8 cm³/mol. The van der Waals surface area contributed by atoms with Crippen LogP contribution in [0.25, 0.3) is 0 Å². The molecule has 3 nitrogen and oxygen atoms in total. The Hall–Kier alpha value is -0.830. The maximum absolute atomic E-state index is 5.46. The molecule has 0 N–H and O–H groups in total. The maximum Gasteiger partial charge on any atom is 0.0778 e. The Morgan fingerprint density at radius 3 is 2.75 bits per heavy atom. The van der Waals surface area contributed by atoms with E-state index in [0.717, 1.165) is 26.1 Å². The van der Waals surface area contributed by atoms with Crippen molar-refractivity contribution in [2.24, 2.45) is 0 Å². The Morgan fingerprint density at radius 2 is 2.25 bits per heavy atom. The van der Waals surface area contributed by atoms with Gasteiger partial charge >= 0.3 is 0 Å². The van der Waals surface area contributed by atoms with E-state index in [4.69, 9.17) is 9.84 Å². The van der Waals surface area contributed by atoms with Crippen LogP contribution in [-0.4, -0.2) is 23.0 Å². The van der Waals surface area contributed by atoms with Crippen molar-refractivity contribution >= 4 is 0 Å². The van der Waals surface area contributed by atoms with Gasteiger partial charge in [-0.2, -0.15) is 5.10 Å². The Balaban J connectivity index is 2.37. The fraction of sp³-hybridized carbons (Fsp3) is 0.769. The van der Waals surface area contributed by atoms with E-state index in [1.165, 1.54) is 11.4 Å². The van der Waals surface area contributed by atoms with Gasteiger partial charge in [0.05, 0.1) is 18.3 Å². The smallest absolute Gasteiger partial charge is 0.0778 e. The first-order valence-corrected chi connectivity index (χ1v) is 6.19. The lowest BCUT2D eigenvalue weighted by molar-refractivity contribution is 0.183. The third kappa shape index (κ3) is 2.14. The van der Waals surface area contributed by atoms with Crippen LogP contribution in [0.3, 0.4) is 0 Å². The second kappa shape index (κ2) is 4.21. The van der Waals surface area contributed by atoms with E-state index in [0.29, 0.717) is 6.04 Å². The van der Waals surface area contributed by atoms with Gasteiger partial charge in [0.25, 0.3) is 0 Å². The minimum atomic E-state index is 0.156. The third-order valence-electron chi connectivity index (χ3n) is 3.17. The Morgan fingerprint density at radius 1 is 1.50 bits per heavy atom. The highest BCUT2D eigenvalue weighted by Gasteiger charge is 2.27. The van der Waals surface area contributed by atoms with E-state index in [1.54, 1.807) is 0 Å². The maximum atomic E-state index is 5.46. The van der Waals surface area contributed by atoms with Gasteiger partial charge < -0.3 is 4.74 Å². The van der Waals surface area contributed by atoms with Crippen molar-refractivity contribution in [3.8, 4) is 0 Å². The highest BCUT2D eigenvalue weighted by Crippen LogP contribution is 2.29. The highest BCUT2D eigenvalue weighted by atomic mass is 16.5. The SMILES string of the molecule is CCc1cc(C(C)(C)C)n(C2CCOC2)n1. The molecule has 0 saturated carbocycles. The van der Waals surface area contributed by atoms with E-state index in [1.807, 2.05) is 0 Å². The summed E-state index contributed by atoms with van der Waals surface area (Å²) in [6, 6.07) is 2.69. The number of nitrogens with zero attached hydrogens (tertiary/aromatic N) is 2. The number of hydrogen-bond acceptors (Lipinski definition) is 2. The van der Waals surface area contributed by atoms with Gasteiger partial charge in [-0.3, -0.25) is 4.68 Å². The van der Waals surface area contributed by atoms with Gasteiger partial charge in [-0.15, -0.1) is 0 Å². The molecule has 0 radical (unpaired) electrons. The van der Waals surface area contributed by atoms with Crippen LogP contribution in [0.1, 0.15) is 51.5 Å². The fourth-order valence-electron chi connectivity index (χ4n) is 2.17. The van der Waals surface area contributed by atoms with Crippen molar-refractivity contribution in [3.63, 3.8) is 0 Å². The zero-order valence-corrected chi connectivity index (χ0v) is 10.8. The average Bonchev–Trinajstić information content (AvgIpc) is 2.85. The fourth-order valence-corrected chi connectivity index (χ4v) is 2.17. The molecular weight excluding hydrogens is 200 g/mol. The van der Waals surface area contributed by atoms with E-state index >= 15 is 0 Å². The normalized spacial score (nSPS) is 21.6. The van der Waals surface area contributed by atoms with Gasteiger partial charge in [-0.1, -0.05) is 27.7 Å². The highest BCUT2D eigenvalue weighted by molar-refractivity contribution is 5.19. The molecule has 1 aliphatic heterocycles. The first-order chi connectivity index (χ1) is 7.52. The van der Waals surface area contributed by atoms with Crippen molar-refractivity contribution < 1.29 is 4.74 Å². The molecule has 0 aliphatic carbocycles. The van der Waals surface area contributed by atoms with Crippen molar-refractivity contribution in [1.29, 1.82) is 0 Å². The lowest BCUT2D eigenvalue weighted by Crippen LogP contribution is -2.22. The van der Waals surface area contributed by atoms with Gasteiger partial charge in [0.2, 0.25) is 0 Å². The molecule has 3 heteroatoms. The van der Waals surface area contributed by atoms with Crippen molar-refractivity contribution in [2.75, 3.05) is 13.2 Å². The molecule has 1 fully saturated rings. The first kappa shape index (κ1) is 11.6. The molecule has 0 spiro atoms. The molecule has 1 aromatic rings. The van der Waals surface area contributed by atoms with Crippen LogP contribution in [-0.2, 0) is 16.6 Å². The number of hydrogen-bond donors (Lipinski definition) is 0. The Labute approximate surface area is 97.8 Å². The molecule has 0 aromatic carbocycles. The summed E-state index contributed by atoms with van der Waals surface area (Å²) in [5, 5.41) is 4.71. The van der Waals surface area contributed by atoms with Crippen LogP contribution in [0, 0.1) is 0 Å². The molecule has 1 unspecified atom stereocenters. The first-order valence-electron chi connectivity index (χ1n) is 6.19. The van der Waals surface area contributed by atoms with Crippen molar-refractivity contribution in [1.82, 2.24) is 9.78 Å². The lowest BCUT2D eigenvalue weighted by Gasteiger charge is -2.22. The second-order valence-electron chi connectivity index (χ2n) is 5.59. The van der Waals surface area contributed by atoms with E-state index in [2.05, 4.69) is 38.4 Å². The van der Waals surface area contributed by atoms with Crippen LogP contribution in [0.15, 0.2) is 6.07 Å². The lowest BCUT2D eigenvalue weighted by atomic mass is 9.91. The molecule has 2 heterocycles. The Bertz CT molecular complexity index is 356. The summed E-state index contributed by atoms with van der Waals surface area (Å²) in [5.41, 5.74) is 2.68. The molecule has 0 bridgehead atoms. The topological polar surface area (TPSA) is 27.1 Å². The van der Waals surface area contributed by atoms with Crippen LogP contribution < -0.4 is 0 Å². The third-order valence-corrected chi connectivity index (χ3v) is 3.17. The van der Waals surface area contributed by atoms with Gasteiger partial charge in [0.1, 0.15) is 0 Å². The summed E-state index contributed by atoms with van der Waals surface area (Å²) in [6.07, 6.45) is 2.09. The molecule has 16 heavy (non-hydrogen) atoms. The summed E-state index contributed by atoms with van der Waals surface area (Å²) in [4.78, 5) is 0. The van der Waals surface area contributed by atoms with Gasteiger partial charge in [-0.05, 0) is 18.9 Å². The van der Waals surface area contributed by atoms with Crippen molar-refractivity contribution in [2.45, 2.75) is 52.0 Å². The molecule has 1 aromatic heterocycles. The Kier molecular flexibility index (Phi) is 3.06. The van der Waals surface area contributed by atoms with Crippen LogP contribution in [0.5, 0.6) is 0 Å². The zero-order valence-electron chi connectivity index (χ0n) is 10.8. The van der Waals surface area contributed by atoms with Gasteiger partial charge in [0, 0.05) is 17.7 Å². The quantitative estimate of drug-likeness (QED) is 0.769. The standard InChI is InChI=1S/C13H22N2O/c1-5-10-8-12(13(2,3)4)15(14-10)11-6-7-16-9-11/h8,11H,5-7,9H2,1-4H3. The number of aryl methyl sites for hydroxylation is 1. The van der Waals surface area contributed by atoms with E-state index in [-0.39, 0.29) is 5.41 Å². The minimum Gasteiger partial charge on any atom is -0.379 e. The second-order valence-corrected chi connectivity index (χ2v) is 5.59. The monoisotopic (exact) mass is 222 g/mol. The van der Waals surface area contributed by atoms with Gasteiger partial charge in [0.15, 0.2) is 0 Å². The van der Waals surface area contributed by atoms with Crippen LogP contribution in [0.2, 0.25) is 0 Å². The van der Waals surface area contributed by atoms with E-state index < -0.39 is 0 Å². The number of ether oxygens (including phenoxy) is 1.